The van der Waals surface area contributed by atoms with Crippen molar-refractivity contribution in [3.05, 3.63) is 64.7 Å². The van der Waals surface area contributed by atoms with E-state index in [2.05, 4.69) is 10.2 Å². The van der Waals surface area contributed by atoms with Crippen LogP contribution in [0, 0.1) is 0 Å². The van der Waals surface area contributed by atoms with E-state index in [4.69, 9.17) is 4.74 Å². The van der Waals surface area contributed by atoms with E-state index in [1.807, 2.05) is 30.3 Å². The van der Waals surface area contributed by atoms with E-state index >= 15 is 0 Å². The van der Waals surface area contributed by atoms with Crippen LogP contribution in [0.5, 0.6) is 5.75 Å². The summed E-state index contributed by atoms with van der Waals surface area (Å²) in [5.41, 5.74) is -1.25. The lowest BCUT2D eigenvalue weighted by atomic mass is 9.68. The molecule has 1 heterocycles. The zero-order valence-electron chi connectivity index (χ0n) is 20.3. The summed E-state index contributed by atoms with van der Waals surface area (Å²) in [6, 6.07) is 10.7. The second-order valence-electron chi connectivity index (χ2n) is 9.85. The van der Waals surface area contributed by atoms with Crippen molar-refractivity contribution in [1.82, 2.24) is 10.2 Å². The smallest absolute Gasteiger partial charge is 0.271 e. The minimum Gasteiger partial charge on any atom is -0.496 e. The number of alkyl halides is 4. The summed E-state index contributed by atoms with van der Waals surface area (Å²) in [5, 5.41) is 3.03. The normalized spacial score (nSPS) is 19.2. The average molecular weight is 493 g/mol. The minimum absolute atomic E-state index is 0.298. The van der Waals surface area contributed by atoms with Gasteiger partial charge in [-0.3, -0.25) is 9.69 Å². The third-order valence-corrected chi connectivity index (χ3v) is 7.43. The number of benzene rings is 2. The monoisotopic (exact) mass is 492 g/mol. The summed E-state index contributed by atoms with van der Waals surface area (Å²) in [7, 11) is 1.19. The van der Waals surface area contributed by atoms with E-state index in [1.54, 1.807) is 0 Å². The van der Waals surface area contributed by atoms with Gasteiger partial charge in [0.1, 0.15) is 5.75 Å². The van der Waals surface area contributed by atoms with Crippen LogP contribution in [0.2, 0.25) is 0 Å². The standard InChI is InChI=1S/C27H32F4N2O2/c1-25(28,29)19-16-20(26(2,30)31)22(21(17-19)35-3)24(34)32-23(18-10-5-4-6-11-18)27(12-9-13-27)33-14-7-8-15-33/h4-6,10-11,16-17,23H,7-9,12-15H2,1-3H3,(H,32,34). The van der Waals surface area contributed by atoms with Crippen LogP contribution in [0.15, 0.2) is 42.5 Å². The van der Waals surface area contributed by atoms with Crippen LogP contribution < -0.4 is 10.1 Å². The molecule has 1 saturated carbocycles. The van der Waals surface area contributed by atoms with Crippen LogP contribution in [0.4, 0.5) is 17.6 Å². The van der Waals surface area contributed by atoms with Gasteiger partial charge in [-0.15, -0.1) is 0 Å². The predicted molar refractivity (Wildman–Crippen MR) is 126 cm³/mol. The SMILES string of the molecule is COc1cc(C(C)(F)F)cc(C(C)(F)F)c1C(=O)NC(c1ccccc1)C1(N2CCCC2)CCC1. The number of methoxy groups -OCH3 is 1. The topological polar surface area (TPSA) is 41.6 Å². The molecule has 0 aromatic heterocycles. The van der Waals surface area contributed by atoms with Crippen molar-refractivity contribution >= 4 is 5.91 Å². The van der Waals surface area contributed by atoms with E-state index in [0.29, 0.717) is 19.9 Å². The largest absolute Gasteiger partial charge is 0.496 e. The van der Waals surface area contributed by atoms with Crippen molar-refractivity contribution in [2.45, 2.75) is 69.4 Å². The quantitative estimate of drug-likeness (QED) is 0.433. The molecular formula is C27H32F4N2O2. The van der Waals surface area contributed by atoms with E-state index in [0.717, 1.165) is 56.8 Å². The van der Waals surface area contributed by atoms with E-state index < -0.39 is 40.5 Å². The molecule has 190 valence electrons. The van der Waals surface area contributed by atoms with Crippen molar-refractivity contribution in [2.24, 2.45) is 0 Å². The summed E-state index contributed by atoms with van der Waals surface area (Å²) in [5.74, 6) is -7.97. The van der Waals surface area contributed by atoms with Crippen LogP contribution in [0.3, 0.4) is 0 Å². The van der Waals surface area contributed by atoms with Gasteiger partial charge in [-0.1, -0.05) is 30.3 Å². The van der Waals surface area contributed by atoms with Crippen molar-refractivity contribution < 1.29 is 27.1 Å². The molecule has 0 radical (unpaired) electrons. The van der Waals surface area contributed by atoms with Gasteiger partial charge >= 0.3 is 0 Å². The number of hydrogen-bond acceptors (Lipinski definition) is 3. The molecule has 1 saturated heterocycles. The van der Waals surface area contributed by atoms with Crippen molar-refractivity contribution in [2.75, 3.05) is 20.2 Å². The number of carbonyl (C=O) groups excluding carboxylic acids is 1. The molecule has 4 nitrogen and oxygen atoms in total. The summed E-state index contributed by atoms with van der Waals surface area (Å²) in [4.78, 5) is 16.1. The van der Waals surface area contributed by atoms with Crippen molar-refractivity contribution in [3.63, 3.8) is 0 Å². The Balaban J connectivity index is 1.80. The van der Waals surface area contributed by atoms with Gasteiger partial charge in [0.05, 0.1) is 18.7 Å². The highest BCUT2D eigenvalue weighted by molar-refractivity contribution is 5.99. The summed E-state index contributed by atoms with van der Waals surface area (Å²) >= 11 is 0. The number of nitrogens with one attached hydrogen (secondary N) is 1. The van der Waals surface area contributed by atoms with Gasteiger partial charge in [0, 0.05) is 30.5 Å². The molecule has 2 aromatic rings. The highest BCUT2D eigenvalue weighted by atomic mass is 19.3. The number of amides is 1. The number of ether oxygens (including phenoxy) is 1. The Kier molecular flexibility index (Phi) is 6.88. The van der Waals surface area contributed by atoms with Gasteiger partial charge in [0.2, 0.25) is 0 Å². The number of halogens is 4. The molecule has 2 aromatic carbocycles. The Hall–Kier alpha value is -2.61. The minimum atomic E-state index is -3.54. The average Bonchev–Trinajstić information content (AvgIpc) is 3.31. The van der Waals surface area contributed by atoms with Gasteiger partial charge in [0.25, 0.3) is 17.8 Å². The first-order chi connectivity index (χ1) is 16.5. The second-order valence-corrected chi connectivity index (χ2v) is 9.85. The fraction of sp³-hybridized carbons (Fsp3) is 0.519. The molecule has 1 aliphatic heterocycles. The predicted octanol–water partition coefficient (Wildman–Crippen LogP) is 6.41. The molecule has 1 aliphatic carbocycles. The van der Waals surface area contributed by atoms with Gasteiger partial charge in [-0.05, 0) is 62.9 Å². The van der Waals surface area contributed by atoms with Gasteiger partial charge in [-0.25, -0.2) is 17.6 Å². The summed E-state index contributed by atoms with van der Waals surface area (Å²) < 4.78 is 62.7. The second kappa shape index (κ2) is 9.45. The molecule has 4 rings (SSSR count). The number of carbonyl (C=O) groups is 1. The molecule has 8 heteroatoms. The van der Waals surface area contributed by atoms with Gasteiger partial charge < -0.3 is 10.1 Å². The van der Waals surface area contributed by atoms with Crippen LogP contribution in [-0.4, -0.2) is 36.5 Å². The molecule has 0 spiro atoms. The molecule has 1 atom stereocenters. The summed E-state index contributed by atoms with van der Waals surface area (Å²) in [6.45, 7) is 3.06. The molecule has 35 heavy (non-hydrogen) atoms. The molecule has 1 N–H and O–H groups in total. The lowest BCUT2D eigenvalue weighted by molar-refractivity contribution is -0.00133. The van der Waals surface area contributed by atoms with Crippen LogP contribution in [-0.2, 0) is 11.8 Å². The zero-order chi connectivity index (χ0) is 25.4. The van der Waals surface area contributed by atoms with Crippen molar-refractivity contribution in [3.8, 4) is 5.75 Å². The first-order valence-corrected chi connectivity index (χ1v) is 12.1. The van der Waals surface area contributed by atoms with Crippen molar-refractivity contribution in [1.29, 1.82) is 0 Å². The fourth-order valence-corrected chi connectivity index (χ4v) is 5.48. The number of nitrogens with zero attached hydrogens (tertiary/aromatic N) is 1. The number of rotatable bonds is 8. The Morgan fingerprint density at radius 1 is 1.00 bits per heavy atom. The summed E-state index contributed by atoms with van der Waals surface area (Å²) in [6.07, 6.45) is 4.91. The third kappa shape index (κ3) is 4.90. The molecule has 1 unspecified atom stereocenters. The molecule has 0 bridgehead atoms. The maximum Gasteiger partial charge on any atom is 0.271 e. The first kappa shape index (κ1) is 25.5. The highest BCUT2D eigenvalue weighted by Gasteiger charge is 2.50. The van der Waals surface area contributed by atoms with E-state index in [-0.39, 0.29) is 11.3 Å². The Morgan fingerprint density at radius 3 is 2.11 bits per heavy atom. The Labute approximate surface area is 203 Å². The lowest BCUT2D eigenvalue weighted by Gasteiger charge is -2.54. The van der Waals surface area contributed by atoms with Gasteiger partial charge in [-0.2, -0.15) is 0 Å². The molecule has 1 amide bonds. The zero-order valence-corrected chi connectivity index (χ0v) is 20.3. The number of hydrogen-bond donors (Lipinski definition) is 1. The van der Waals surface area contributed by atoms with Crippen LogP contribution in [0.1, 0.15) is 79.0 Å². The van der Waals surface area contributed by atoms with Crippen LogP contribution in [0.25, 0.3) is 0 Å². The number of likely N-dealkylation sites (tertiary alicyclic amines) is 1. The van der Waals surface area contributed by atoms with Crippen LogP contribution >= 0.6 is 0 Å². The van der Waals surface area contributed by atoms with Gasteiger partial charge in [0.15, 0.2) is 0 Å². The maximum atomic E-state index is 14.7. The molecular weight excluding hydrogens is 460 g/mol. The third-order valence-electron chi connectivity index (χ3n) is 7.43. The first-order valence-electron chi connectivity index (χ1n) is 12.1. The molecule has 2 aliphatic rings. The Bertz CT molecular complexity index is 1050. The Morgan fingerprint density at radius 2 is 1.63 bits per heavy atom. The lowest BCUT2D eigenvalue weighted by Crippen LogP contribution is -2.60. The highest BCUT2D eigenvalue weighted by Crippen LogP contribution is 2.49. The van der Waals surface area contributed by atoms with E-state index in [1.165, 1.54) is 7.11 Å². The maximum absolute atomic E-state index is 14.7. The van der Waals surface area contributed by atoms with E-state index in [9.17, 15) is 22.4 Å². The molecule has 2 fully saturated rings. The fourth-order valence-electron chi connectivity index (χ4n) is 5.48.